The molecule has 2 rings (SSSR count). The summed E-state index contributed by atoms with van der Waals surface area (Å²) in [5.74, 6) is -1.07. The maximum Gasteiger partial charge on any atom is 0.410 e. The lowest BCUT2D eigenvalue weighted by Crippen LogP contribution is -2.36. The molecule has 0 bridgehead atoms. The molecule has 1 aliphatic rings. The molecule has 1 fully saturated rings. The Balaban J connectivity index is 2.06. The van der Waals surface area contributed by atoms with Crippen LogP contribution in [0.4, 0.5) is 9.18 Å². The Morgan fingerprint density at radius 2 is 1.91 bits per heavy atom. The zero-order valence-electron chi connectivity index (χ0n) is 13.3. The minimum absolute atomic E-state index is 0.00400. The molecule has 1 heterocycles. The number of carboxylic acid groups (broad SMARTS) is 1. The average molecular weight is 325 g/mol. The molecule has 23 heavy (non-hydrogen) atoms. The zero-order valence-corrected chi connectivity index (χ0v) is 13.3. The summed E-state index contributed by atoms with van der Waals surface area (Å²) >= 11 is 0. The predicted molar refractivity (Wildman–Crippen MR) is 80.5 cm³/mol. The van der Waals surface area contributed by atoms with E-state index in [1.54, 1.807) is 32.9 Å². The lowest BCUT2D eigenvalue weighted by molar-refractivity contribution is 0.0272. The molecule has 0 spiro atoms. The van der Waals surface area contributed by atoms with Crippen molar-refractivity contribution in [2.45, 2.75) is 38.6 Å². The highest BCUT2D eigenvalue weighted by Crippen LogP contribution is 2.25. The smallest absolute Gasteiger partial charge is 0.410 e. The third-order valence-corrected chi connectivity index (χ3v) is 3.25. The molecule has 7 heteroatoms. The Morgan fingerprint density at radius 1 is 1.26 bits per heavy atom. The van der Waals surface area contributed by atoms with Crippen molar-refractivity contribution < 1.29 is 28.6 Å². The first-order valence-corrected chi connectivity index (χ1v) is 7.28. The van der Waals surface area contributed by atoms with Crippen molar-refractivity contribution in [2.75, 3.05) is 13.1 Å². The van der Waals surface area contributed by atoms with Gasteiger partial charge in [-0.15, -0.1) is 0 Å². The monoisotopic (exact) mass is 325 g/mol. The highest BCUT2D eigenvalue weighted by molar-refractivity contribution is 5.90. The van der Waals surface area contributed by atoms with Crippen LogP contribution in [0.1, 0.15) is 31.1 Å². The third kappa shape index (κ3) is 4.34. The van der Waals surface area contributed by atoms with Gasteiger partial charge in [-0.05, 0) is 32.9 Å². The number of aromatic carboxylic acids is 1. The number of hydrogen-bond acceptors (Lipinski definition) is 4. The fourth-order valence-electron chi connectivity index (χ4n) is 2.23. The number of carboxylic acids is 1. The lowest BCUT2D eigenvalue weighted by Gasteiger charge is -2.24. The van der Waals surface area contributed by atoms with Crippen molar-refractivity contribution in [3.8, 4) is 5.75 Å². The number of rotatable bonds is 3. The fourth-order valence-corrected chi connectivity index (χ4v) is 2.23. The van der Waals surface area contributed by atoms with E-state index in [0.717, 1.165) is 0 Å². The molecule has 1 saturated heterocycles. The molecule has 1 N–H and O–H groups in total. The van der Waals surface area contributed by atoms with Gasteiger partial charge in [-0.2, -0.15) is 0 Å². The van der Waals surface area contributed by atoms with Crippen LogP contribution in [-0.4, -0.2) is 53.0 Å². The first kappa shape index (κ1) is 17.1. The molecule has 1 aliphatic heterocycles. The van der Waals surface area contributed by atoms with Crippen molar-refractivity contribution >= 4 is 12.1 Å². The molecule has 1 amide bonds. The summed E-state index contributed by atoms with van der Waals surface area (Å²) in [7, 11) is 0. The Morgan fingerprint density at radius 3 is 2.52 bits per heavy atom. The van der Waals surface area contributed by atoms with Gasteiger partial charge in [-0.1, -0.05) is 12.1 Å². The maximum absolute atomic E-state index is 14.1. The molecule has 126 valence electrons. The minimum Gasteiger partial charge on any atom is -0.485 e. The van der Waals surface area contributed by atoms with E-state index in [1.807, 2.05) is 0 Å². The van der Waals surface area contributed by atoms with Gasteiger partial charge in [0.05, 0.1) is 13.1 Å². The standard InChI is InChI=1S/C16H20FNO5/c1-16(2,3)23-15(21)18-8-11(17)13(9-18)22-12-7-5-4-6-10(12)14(19)20/h4-7,11,13H,8-9H2,1-3H3,(H,19,20). The Labute approximate surface area is 133 Å². The van der Waals surface area contributed by atoms with Crippen LogP contribution in [0.15, 0.2) is 24.3 Å². The number of hydrogen-bond donors (Lipinski definition) is 1. The molecule has 0 radical (unpaired) electrons. The number of ether oxygens (including phenoxy) is 2. The second-order valence-electron chi connectivity index (χ2n) is 6.36. The van der Waals surface area contributed by atoms with E-state index in [4.69, 9.17) is 14.6 Å². The quantitative estimate of drug-likeness (QED) is 0.925. The summed E-state index contributed by atoms with van der Waals surface area (Å²) < 4.78 is 24.8. The number of para-hydroxylation sites is 1. The summed E-state index contributed by atoms with van der Waals surface area (Å²) in [5.41, 5.74) is -0.715. The molecule has 0 saturated carbocycles. The van der Waals surface area contributed by atoms with Crippen LogP contribution in [0.25, 0.3) is 0 Å². The Hall–Kier alpha value is -2.31. The number of carbonyl (C=O) groups excluding carboxylic acids is 1. The third-order valence-electron chi connectivity index (χ3n) is 3.25. The van der Waals surface area contributed by atoms with Crippen LogP contribution >= 0.6 is 0 Å². The van der Waals surface area contributed by atoms with Crippen molar-refractivity contribution in [3.63, 3.8) is 0 Å². The van der Waals surface area contributed by atoms with Gasteiger partial charge >= 0.3 is 12.1 Å². The molecular formula is C16H20FNO5. The minimum atomic E-state index is -1.41. The number of benzene rings is 1. The van der Waals surface area contributed by atoms with Crippen LogP contribution in [0.2, 0.25) is 0 Å². The van der Waals surface area contributed by atoms with E-state index in [1.165, 1.54) is 17.0 Å². The van der Waals surface area contributed by atoms with E-state index in [2.05, 4.69) is 0 Å². The molecule has 0 aliphatic carbocycles. The topological polar surface area (TPSA) is 76.1 Å². The SMILES string of the molecule is CC(C)(C)OC(=O)N1CC(F)C(Oc2ccccc2C(=O)O)C1. The first-order chi connectivity index (χ1) is 10.7. The van der Waals surface area contributed by atoms with Crippen molar-refractivity contribution in [1.82, 2.24) is 4.90 Å². The highest BCUT2D eigenvalue weighted by Gasteiger charge is 2.39. The molecule has 6 nitrogen and oxygen atoms in total. The maximum atomic E-state index is 14.1. The Kier molecular flexibility index (Phi) is 4.77. The van der Waals surface area contributed by atoms with E-state index in [9.17, 15) is 14.0 Å². The van der Waals surface area contributed by atoms with E-state index < -0.39 is 29.9 Å². The van der Waals surface area contributed by atoms with Crippen molar-refractivity contribution in [1.29, 1.82) is 0 Å². The van der Waals surface area contributed by atoms with Crippen LogP contribution in [0.5, 0.6) is 5.75 Å². The van der Waals surface area contributed by atoms with Gasteiger partial charge in [0.1, 0.15) is 23.0 Å². The number of halogens is 1. The molecule has 0 aromatic heterocycles. The van der Waals surface area contributed by atoms with Gasteiger partial charge in [0.25, 0.3) is 0 Å². The summed E-state index contributed by atoms with van der Waals surface area (Å²) in [6.45, 7) is 5.04. The lowest BCUT2D eigenvalue weighted by atomic mass is 10.2. The summed E-state index contributed by atoms with van der Waals surface area (Å²) in [6, 6.07) is 6.01. The normalized spacial score (nSPS) is 21.1. The zero-order chi connectivity index (χ0) is 17.2. The van der Waals surface area contributed by atoms with Crippen LogP contribution in [0, 0.1) is 0 Å². The summed E-state index contributed by atoms with van der Waals surface area (Å²) in [6.07, 6.45) is -2.95. The van der Waals surface area contributed by atoms with Gasteiger partial charge < -0.3 is 19.5 Å². The van der Waals surface area contributed by atoms with Gasteiger partial charge in [0.15, 0.2) is 6.17 Å². The van der Waals surface area contributed by atoms with E-state index in [-0.39, 0.29) is 24.4 Å². The molecular weight excluding hydrogens is 305 g/mol. The van der Waals surface area contributed by atoms with Crippen molar-refractivity contribution in [3.05, 3.63) is 29.8 Å². The number of carbonyl (C=O) groups is 2. The number of nitrogens with zero attached hydrogens (tertiary/aromatic N) is 1. The van der Waals surface area contributed by atoms with E-state index in [0.29, 0.717) is 0 Å². The second kappa shape index (κ2) is 6.44. The van der Waals surface area contributed by atoms with Crippen LogP contribution in [0.3, 0.4) is 0 Å². The second-order valence-corrected chi connectivity index (χ2v) is 6.36. The first-order valence-electron chi connectivity index (χ1n) is 7.28. The van der Waals surface area contributed by atoms with Crippen LogP contribution < -0.4 is 4.74 Å². The number of alkyl halides is 1. The molecule has 2 unspecified atom stereocenters. The predicted octanol–water partition coefficient (Wildman–Crippen LogP) is 2.72. The molecule has 1 aromatic rings. The molecule has 1 aromatic carbocycles. The van der Waals surface area contributed by atoms with Crippen LogP contribution in [-0.2, 0) is 4.74 Å². The highest BCUT2D eigenvalue weighted by atomic mass is 19.1. The average Bonchev–Trinajstić information content (AvgIpc) is 2.79. The van der Waals surface area contributed by atoms with Gasteiger partial charge in [-0.3, -0.25) is 0 Å². The number of amides is 1. The summed E-state index contributed by atoms with van der Waals surface area (Å²) in [4.78, 5) is 24.3. The van der Waals surface area contributed by atoms with Gasteiger partial charge in [0, 0.05) is 0 Å². The van der Waals surface area contributed by atoms with E-state index >= 15 is 0 Å². The number of likely N-dealkylation sites (tertiary alicyclic amines) is 1. The Bertz CT molecular complexity index is 598. The summed E-state index contributed by atoms with van der Waals surface area (Å²) in [5, 5.41) is 9.12. The fraction of sp³-hybridized carbons (Fsp3) is 0.500. The van der Waals surface area contributed by atoms with Gasteiger partial charge in [-0.25, -0.2) is 14.0 Å². The largest absolute Gasteiger partial charge is 0.485 e. The molecule has 2 atom stereocenters. The van der Waals surface area contributed by atoms with Gasteiger partial charge in [0.2, 0.25) is 0 Å². The van der Waals surface area contributed by atoms with Crippen molar-refractivity contribution in [2.24, 2.45) is 0 Å².